The minimum Gasteiger partial charge on any atom is -0.507 e. The molecule has 53 heavy (non-hydrogen) atoms. The van der Waals surface area contributed by atoms with E-state index in [4.69, 9.17) is 35.3 Å². The molecule has 3 aliphatic rings. The summed E-state index contributed by atoms with van der Waals surface area (Å²) in [5.41, 5.74) is -2.90. The summed E-state index contributed by atoms with van der Waals surface area (Å²) in [6.07, 6.45) is -0.710. The average Bonchev–Trinajstić information content (AvgIpc) is 3.73. The molecule has 3 N–H and O–H groups in total. The molecule has 6 rings (SSSR count). The maximum absolute atomic E-state index is 14.4. The zero-order valence-corrected chi connectivity index (χ0v) is 30.4. The van der Waals surface area contributed by atoms with Crippen LogP contribution in [0.25, 0.3) is 0 Å². The van der Waals surface area contributed by atoms with Crippen molar-refractivity contribution in [2.24, 2.45) is 20.0 Å². The summed E-state index contributed by atoms with van der Waals surface area (Å²) in [7, 11) is 5.51. The van der Waals surface area contributed by atoms with Gasteiger partial charge in [0, 0.05) is 62.2 Å². The number of nitrogens with zero attached hydrogens (tertiary/aromatic N) is 2. The minimum absolute atomic E-state index is 0.0390. The Kier molecular flexibility index (Phi) is 9.76. The molecule has 3 aromatic rings. The van der Waals surface area contributed by atoms with Gasteiger partial charge in [-0.25, -0.2) is 4.79 Å². The van der Waals surface area contributed by atoms with Gasteiger partial charge in [-0.3, -0.25) is 33.1 Å². The van der Waals surface area contributed by atoms with Gasteiger partial charge in [-0.15, -0.1) is 0 Å². The molecule has 2 aromatic carbocycles. The normalized spacial score (nSPS) is 19.8. The standard InChI is InChI=1S/C36H37ClN4O12/c1-16-9-21(42)28(32(45)36(16)33(46)29-24(49-5)13-25(50-6)30(37)31(29)53-36)20(18-7-8-22-23(10-18)52-15-51-22)12-26(43)39-17(2)34(47)38-14-19-11-27(44)41(4)35(48)40(19)3/h7-8,10-11,13,16-17,20,45H,9,12,14-15H2,1-6H3,(H,38,47)(H,39,43)/t16-,17+,20?,36+/m1/s1. The first-order chi connectivity index (χ1) is 25.1. The molecule has 0 radical (unpaired) electrons. The van der Waals surface area contributed by atoms with E-state index in [-0.39, 0.29) is 58.9 Å². The van der Waals surface area contributed by atoms with Crippen LogP contribution in [0.2, 0.25) is 5.02 Å². The zero-order chi connectivity index (χ0) is 38.5. The first-order valence-corrected chi connectivity index (χ1v) is 16.9. The lowest BCUT2D eigenvalue weighted by molar-refractivity contribution is -0.129. The van der Waals surface area contributed by atoms with Crippen molar-refractivity contribution >= 4 is 35.0 Å². The maximum atomic E-state index is 14.4. The Morgan fingerprint density at radius 2 is 1.74 bits per heavy atom. The SMILES string of the molecule is COc1cc(OC)c2c(c1Cl)O[C@]1(C2=O)C(O)=C(C(CC(=O)N[C@@H](C)C(=O)NCc2cc(=O)n(C)c(=O)n2C)c2ccc3c(c2)OCO3)C(=O)C[C@H]1C. The highest BCUT2D eigenvalue weighted by molar-refractivity contribution is 6.35. The van der Waals surface area contributed by atoms with Crippen molar-refractivity contribution in [3.63, 3.8) is 0 Å². The van der Waals surface area contributed by atoms with Crippen molar-refractivity contribution in [3.05, 3.63) is 84.3 Å². The van der Waals surface area contributed by atoms with E-state index < -0.39 is 70.3 Å². The van der Waals surface area contributed by atoms with Gasteiger partial charge in [-0.1, -0.05) is 24.6 Å². The smallest absolute Gasteiger partial charge is 0.330 e. The fourth-order valence-corrected chi connectivity index (χ4v) is 7.15. The fourth-order valence-electron chi connectivity index (χ4n) is 6.88. The Hall–Kier alpha value is -5.77. The molecule has 0 fully saturated rings. The first-order valence-electron chi connectivity index (χ1n) is 16.5. The summed E-state index contributed by atoms with van der Waals surface area (Å²) in [6.45, 7) is 2.79. The Labute approximate surface area is 307 Å². The van der Waals surface area contributed by atoms with Gasteiger partial charge in [0.2, 0.25) is 30.0 Å². The highest BCUT2D eigenvalue weighted by atomic mass is 35.5. The molecule has 4 atom stereocenters. The number of carbonyl (C=O) groups excluding carboxylic acids is 4. The quantitative estimate of drug-likeness (QED) is 0.273. The van der Waals surface area contributed by atoms with Crippen LogP contribution in [0.15, 0.2) is 51.3 Å². The average molecular weight is 753 g/mol. The third-order valence-electron chi connectivity index (χ3n) is 9.89. The molecule has 1 spiro atoms. The van der Waals surface area contributed by atoms with Crippen molar-refractivity contribution in [2.45, 2.75) is 50.8 Å². The summed E-state index contributed by atoms with van der Waals surface area (Å²) in [6, 6.07) is 6.29. The minimum atomic E-state index is -2.11. The molecule has 3 heterocycles. The predicted molar refractivity (Wildman–Crippen MR) is 187 cm³/mol. The van der Waals surface area contributed by atoms with Crippen molar-refractivity contribution in [1.29, 1.82) is 0 Å². The van der Waals surface area contributed by atoms with Crippen LogP contribution < -0.4 is 45.6 Å². The second-order valence-electron chi connectivity index (χ2n) is 13.0. The molecule has 1 aromatic heterocycles. The number of methoxy groups -OCH3 is 2. The van der Waals surface area contributed by atoms with E-state index >= 15 is 0 Å². The predicted octanol–water partition coefficient (Wildman–Crippen LogP) is 2.21. The number of aliphatic hydroxyl groups excluding tert-OH is 1. The van der Waals surface area contributed by atoms with Crippen LogP contribution in [0.5, 0.6) is 28.7 Å². The first kappa shape index (κ1) is 37.0. The van der Waals surface area contributed by atoms with Crippen molar-refractivity contribution < 1.29 is 48.0 Å². The number of Topliss-reactive ketones (excluding diaryl/α,β-unsaturated/α-hetero) is 2. The Balaban J connectivity index is 1.34. The number of ketones is 2. The molecule has 1 aliphatic carbocycles. The molecule has 0 bridgehead atoms. The van der Waals surface area contributed by atoms with Crippen LogP contribution in [0.4, 0.5) is 0 Å². The van der Waals surface area contributed by atoms with Gasteiger partial charge in [-0.05, 0) is 24.6 Å². The number of ether oxygens (including phenoxy) is 5. The van der Waals surface area contributed by atoms with Crippen LogP contribution in [0.1, 0.15) is 54.2 Å². The number of hydrogen-bond donors (Lipinski definition) is 3. The number of aliphatic hydroxyl groups is 1. The van der Waals surface area contributed by atoms with Gasteiger partial charge in [0.15, 0.2) is 28.8 Å². The van der Waals surface area contributed by atoms with E-state index in [0.29, 0.717) is 17.1 Å². The Morgan fingerprint density at radius 1 is 1.04 bits per heavy atom. The molecule has 0 saturated heterocycles. The lowest BCUT2D eigenvalue weighted by Gasteiger charge is -2.38. The van der Waals surface area contributed by atoms with Crippen LogP contribution in [-0.4, -0.2) is 70.3 Å². The third-order valence-corrected chi connectivity index (χ3v) is 10.2. The van der Waals surface area contributed by atoms with Gasteiger partial charge in [0.05, 0.1) is 20.8 Å². The molecule has 280 valence electrons. The topological polar surface area (TPSA) is 203 Å². The number of carbonyl (C=O) groups is 4. The van der Waals surface area contributed by atoms with E-state index in [1.807, 2.05) is 0 Å². The van der Waals surface area contributed by atoms with E-state index in [9.17, 15) is 33.9 Å². The van der Waals surface area contributed by atoms with Crippen molar-refractivity contribution in [3.8, 4) is 28.7 Å². The number of rotatable bonds is 10. The van der Waals surface area contributed by atoms with Gasteiger partial charge < -0.3 is 39.4 Å². The van der Waals surface area contributed by atoms with Crippen LogP contribution >= 0.6 is 11.6 Å². The molecule has 16 nitrogen and oxygen atoms in total. The molecule has 1 unspecified atom stereocenters. The van der Waals surface area contributed by atoms with E-state index in [1.165, 1.54) is 51.9 Å². The summed E-state index contributed by atoms with van der Waals surface area (Å²) in [5, 5.41) is 17.3. The number of aromatic nitrogens is 2. The van der Waals surface area contributed by atoms with E-state index in [0.717, 1.165) is 4.57 Å². The van der Waals surface area contributed by atoms with Crippen LogP contribution in [-0.2, 0) is 35.0 Å². The maximum Gasteiger partial charge on any atom is 0.330 e. The number of hydrogen-bond acceptors (Lipinski definition) is 12. The van der Waals surface area contributed by atoms with Gasteiger partial charge in [0.1, 0.15) is 28.1 Å². The van der Waals surface area contributed by atoms with E-state index in [1.54, 1.807) is 25.1 Å². The van der Waals surface area contributed by atoms with Crippen molar-refractivity contribution in [2.75, 3.05) is 21.0 Å². The summed E-state index contributed by atoms with van der Waals surface area (Å²) in [4.78, 5) is 79.5. The molecule has 0 saturated carbocycles. The monoisotopic (exact) mass is 752 g/mol. The second-order valence-corrected chi connectivity index (χ2v) is 13.4. The number of benzene rings is 2. The zero-order valence-electron chi connectivity index (χ0n) is 29.7. The van der Waals surface area contributed by atoms with Crippen molar-refractivity contribution in [1.82, 2.24) is 19.8 Å². The molecule has 2 aliphatic heterocycles. The highest BCUT2D eigenvalue weighted by Crippen LogP contribution is 2.56. The fraction of sp³-hybridized carbons (Fsp3) is 0.389. The lowest BCUT2D eigenvalue weighted by atomic mass is 9.69. The number of amides is 2. The summed E-state index contributed by atoms with van der Waals surface area (Å²) in [5.74, 6) is -4.39. The summed E-state index contributed by atoms with van der Waals surface area (Å²) >= 11 is 6.59. The lowest BCUT2D eigenvalue weighted by Crippen LogP contribution is -2.53. The van der Waals surface area contributed by atoms with E-state index in [2.05, 4.69) is 10.6 Å². The van der Waals surface area contributed by atoms with Gasteiger partial charge in [0.25, 0.3) is 5.56 Å². The molecule has 17 heteroatoms. The molecule has 2 amide bonds. The Bertz CT molecular complexity index is 2230. The highest BCUT2D eigenvalue weighted by Gasteiger charge is 2.61. The largest absolute Gasteiger partial charge is 0.507 e. The number of fused-ring (bicyclic) bond motifs is 2. The number of allylic oxidation sites excluding steroid dienone is 1. The number of halogens is 1. The summed E-state index contributed by atoms with van der Waals surface area (Å²) < 4.78 is 30.2. The Morgan fingerprint density at radius 3 is 2.43 bits per heavy atom. The van der Waals surface area contributed by atoms with Crippen LogP contribution in [0, 0.1) is 5.92 Å². The van der Waals surface area contributed by atoms with Gasteiger partial charge in [-0.2, -0.15) is 0 Å². The second kappa shape index (κ2) is 14.0. The van der Waals surface area contributed by atoms with Crippen LogP contribution in [0.3, 0.4) is 0 Å². The molecular formula is C36H37ClN4O12. The third kappa shape index (κ3) is 6.15. The number of nitrogens with one attached hydrogen (secondary N) is 2. The molecular weight excluding hydrogens is 716 g/mol. The van der Waals surface area contributed by atoms with Gasteiger partial charge >= 0.3 is 5.69 Å².